The van der Waals surface area contributed by atoms with Crippen LogP contribution in [0.4, 0.5) is 13.2 Å². The molecule has 22 heavy (non-hydrogen) atoms. The van der Waals surface area contributed by atoms with Gasteiger partial charge in [-0.25, -0.2) is 8.42 Å². The molecule has 2 rings (SSSR count). The number of benzene rings is 1. The van der Waals surface area contributed by atoms with Crippen molar-refractivity contribution < 1.29 is 21.6 Å². The third-order valence-electron chi connectivity index (χ3n) is 3.88. The van der Waals surface area contributed by atoms with Gasteiger partial charge in [0.25, 0.3) is 0 Å². The van der Waals surface area contributed by atoms with Crippen LogP contribution in [0, 0.1) is 0 Å². The predicted molar refractivity (Wildman–Crippen MR) is 76.6 cm³/mol. The first-order valence-corrected chi connectivity index (χ1v) is 8.53. The number of nitrogens with zero attached hydrogens (tertiary/aromatic N) is 1. The molecule has 1 heterocycles. The third kappa shape index (κ3) is 3.28. The maximum atomic E-state index is 13.1. The minimum Gasteiger partial charge on any atom is -0.326 e. The van der Waals surface area contributed by atoms with Crippen molar-refractivity contribution in [2.75, 3.05) is 6.54 Å². The molecule has 2 atom stereocenters. The van der Waals surface area contributed by atoms with E-state index in [4.69, 9.17) is 5.73 Å². The number of hydrogen-bond acceptors (Lipinski definition) is 3. The molecule has 0 amide bonds. The summed E-state index contributed by atoms with van der Waals surface area (Å²) in [5.41, 5.74) is 4.69. The number of hydrogen-bond donors (Lipinski definition) is 1. The Balaban J connectivity index is 2.51. The van der Waals surface area contributed by atoms with Crippen molar-refractivity contribution in [1.29, 1.82) is 0 Å². The molecule has 1 saturated heterocycles. The molecule has 2 N–H and O–H groups in total. The predicted octanol–water partition coefficient (Wildman–Crippen LogP) is 2.60. The first-order valence-electron chi connectivity index (χ1n) is 7.09. The number of rotatable bonds is 3. The number of nitrogens with two attached hydrogens (primary N) is 1. The van der Waals surface area contributed by atoms with Gasteiger partial charge in [0.15, 0.2) is 0 Å². The molecule has 0 spiro atoms. The Bertz CT molecular complexity index is 629. The largest absolute Gasteiger partial charge is 0.417 e. The Hall–Kier alpha value is -1.12. The van der Waals surface area contributed by atoms with Crippen molar-refractivity contribution in [3.8, 4) is 0 Å². The van der Waals surface area contributed by atoms with E-state index >= 15 is 0 Å². The topological polar surface area (TPSA) is 63.4 Å². The molecule has 0 aromatic heterocycles. The molecule has 1 aromatic rings. The van der Waals surface area contributed by atoms with Gasteiger partial charge in [0, 0.05) is 18.6 Å². The zero-order valence-electron chi connectivity index (χ0n) is 12.2. The average molecular weight is 336 g/mol. The van der Waals surface area contributed by atoms with E-state index in [9.17, 15) is 21.6 Å². The van der Waals surface area contributed by atoms with Crippen LogP contribution in [-0.4, -0.2) is 31.4 Å². The van der Waals surface area contributed by atoms with Crippen molar-refractivity contribution in [1.82, 2.24) is 4.31 Å². The fourth-order valence-electron chi connectivity index (χ4n) is 2.81. The summed E-state index contributed by atoms with van der Waals surface area (Å²) in [4.78, 5) is -0.699. The van der Waals surface area contributed by atoms with Crippen LogP contribution in [0.15, 0.2) is 29.2 Å². The second kappa shape index (κ2) is 6.17. The van der Waals surface area contributed by atoms with Crippen molar-refractivity contribution in [2.45, 2.75) is 49.3 Å². The van der Waals surface area contributed by atoms with Gasteiger partial charge in [-0.05, 0) is 31.9 Å². The van der Waals surface area contributed by atoms with Crippen LogP contribution in [0.25, 0.3) is 0 Å². The van der Waals surface area contributed by atoms with E-state index < -0.39 is 38.7 Å². The number of alkyl halides is 3. The maximum Gasteiger partial charge on any atom is 0.417 e. The fraction of sp³-hybridized carbons (Fsp3) is 0.571. The van der Waals surface area contributed by atoms with Crippen molar-refractivity contribution in [3.63, 3.8) is 0 Å². The monoisotopic (exact) mass is 336 g/mol. The van der Waals surface area contributed by atoms with Crippen LogP contribution in [0.2, 0.25) is 0 Å². The zero-order chi connectivity index (χ0) is 16.5. The van der Waals surface area contributed by atoms with Crippen LogP contribution in [-0.2, 0) is 16.2 Å². The summed E-state index contributed by atoms with van der Waals surface area (Å²) in [5.74, 6) is 0. The number of sulfonamides is 1. The second-order valence-corrected chi connectivity index (χ2v) is 7.39. The molecule has 8 heteroatoms. The summed E-state index contributed by atoms with van der Waals surface area (Å²) in [7, 11) is -4.24. The molecule has 0 unspecified atom stereocenters. The van der Waals surface area contributed by atoms with Crippen molar-refractivity contribution in [3.05, 3.63) is 29.8 Å². The minimum absolute atomic E-state index is 0.195. The molecular weight excluding hydrogens is 317 g/mol. The fourth-order valence-corrected chi connectivity index (χ4v) is 4.79. The lowest BCUT2D eigenvalue weighted by Gasteiger charge is -2.37. The van der Waals surface area contributed by atoms with E-state index in [2.05, 4.69) is 0 Å². The van der Waals surface area contributed by atoms with Gasteiger partial charge in [0.2, 0.25) is 10.0 Å². The quantitative estimate of drug-likeness (QED) is 0.923. The van der Waals surface area contributed by atoms with Gasteiger partial charge in [0.1, 0.15) is 0 Å². The van der Waals surface area contributed by atoms with E-state index in [1.165, 1.54) is 12.1 Å². The Kier molecular flexibility index (Phi) is 4.84. The molecule has 124 valence electrons. The molecule has 0 saturated carbocycles. The van der Waals surface area contributed by atoms with Gasteiger partial charge >= 0.3 is 6.18 Å². The maximum absolute atomic E-state index is 13.1. The van der Waals surface area contributed by atoms with E-state index in [0.717, 1.165) is 22.9 Å². The summed E-state index contributed by atoms with van der Waals surface area (Å²) in [6.07, 6.45) is -2.72. The second-order valence-electron chi connectivity index (χ2n) is 5.53. The van der Waals surface area contributed by atoms with E-state index in [1.54, 1.807) is 6.92 Å². The van der Waals surface area contributed by atoms with Gasteiger partial charge in [0.05, 0.1) is 10.5 Å². The first kappa shape index (κ1) is 17.2. The van der Waals surface area contributed by atoms with Gasteiger partial charge in [-0.3, -0.25) is 0 Å². The Labute approximate surface area is 128 Å². The molecule has 0 aliphatic carbocycles. The highest BCUT2D eigenvalue weighted by molar-refractivity contribution is 7.89. The molecular formula is C14H19F3N2O2S. The molecule has 1 aromatic carbocycles. The van der Waals surface area contributed by atoms with Crippen LogP contribution in [0.5, 0.6) is 0 Å². The lowest BCUT2D eigenvalue weighted by Crippen LogP contribution is -2.51. The molecule has 1 aliphatic heterocycles. The van der Waals surface area contributed by atoms with Crippen molar-refractivity contribution in [2.24, 2.45) is 5.73 Å². The lowest BCUT2D eigenvalue weighted by molar-refractivity contribution is -0.139. The highest BCUT2D eigenvalue weighted by atomic mass is 32.2. The van der Waals surface area contributed by atoms with Gasteiger partial charge in [-0.15, -0.1) is 0 Å². The molecule has 0 bridgehead atoms. The zero-order valence-corrected chi connectivity index (χ0v) is 13.0. The van der Waals surface area contributed by atoms with Crippen LogP contribution >= 0.6 is 0 Å². The van der Waals surface area contributed by atoms with Gasteiger partial charge in [-0.2, -0.15) is 17.5 Å². The van der Waals surface area contributed by atoms with Crippen LogP contribution < -0.4 is 5.73 Å². The molecule has 1 aliphatic rings. The smallest absolute Gasteiger partial charge is 0.326 e. The van der Waals surface area contributed by atoms with E-state index in [0.29, 0.717) is 12.8 Å². The number of halogens is 3. The summed E-state index contributed by atoms with van der Waals surface area (Å²) >= 11 is 0. The van der Waals surface area contributed by atoms with Crippen LogP contribution in [0.1, 0.15) is 31.7 Å². The van der Waals surface area contributed by atoms with Gasteiger partial charge in [-0.1, -0.05) is 18.6 Å². The SMILES string of the molecule is C[C@H](N)[C@H]1CCCCN1S(=O)(=O)c1ccccc1C(F)(F)F. The van der Waals surface area contributed by atoms with Crippen LogP contribution in [0.3, 0.4) is 0 Å². The summed E-state index contributed by atoms with van der Waals surface area (Å²) in [5, 5.41) is 0. The van der Waals surface area contributed by atoms with Gasteiger partial charge < -0.3 is 5.73 Å². The van der Waals surface area contributed by atoms with E-state index in [1.807, 2.05) is 0 Å². The minimum atomic E-state index is -4.72. The Morgan fingerprint density at radius 2 is 1.91 bits per heavy atom. The summed E-state index contributed by atoms with van der Waals surface area (Å²) < 4.78 is 65.9. The lowest BCUT2D eigenvalue weighted by atomic mass is 10.00. The molecule has 1 fully saturated rings. The number of piperidine rings is 1. The third-order valence-corrected chi connectivity index (χ3v) is 5.87. The first-order chi connectivity index (χ1) is 10.2. The summed E-state index contributed by atoms with van der Waals surface area (Å²) in [6.45, 7) is 1.87. The average Bonchev–Trinajstić information content (AvgIpc) is 2.46. The molecule has 0 radical (unpaired) electrons. The Morgan fingerprint density at radius 1 is 1.27 bits per heavy atom. The van der Waals surface area contributed by atoms with E-state index in [-0.39, 0.29) is 6.54 Å². The standard InChI is InChI=1S/C14H19F3N2O2S/c1-10(18)12-7-4-5-9-19(12)22(20,21)13-8-3-2-6-11(13)14(15,16)17/h2-3,6,8,10,12H,4-5,7,9,18H2,1H3/t10-,12+/m0/s1. The highest BCUT2D eigenvalue weighted by Gasteiger charge is 2.41. The Morgan fingerprint density at radius 3 is 2.50 bits per heavy atom. The van der Waals surface area contributed by atoms with Crippen molar-refractivity contribution >= 4 is 10.0 Å². The molecule has 4 nitrogen and oxygen atoms in total. The normalized spacial score (nSPS) is 22.5. The summed E-state index contributed by atoms with van der Waals surface area (Å²) in [6, 6.07) is 3.37. The highest BCUT2D eigenvalue weighted by Crippen LogP contribution is 2.36.